The maximum absolute atomic E-state index is 11.6. The quantitative estimate of drug-likeness (QED) is 0.516. The standard InChI is InChI=1S/C10H21N3O3S/c1-2-17(15,16)13-6-3-5-12-10(14)9-4-7-11-8-9/h9,11,13H,2-8H2,1H3,(H,12,14). The molecule has 1 aliphatic heterocycles. The minimum Gasteiger partial charge on any atom is -0.356 e. The van der Waals surface area contributed by atoms with E-state index < -0.39 is 10.0 Å². The van der Waals surface area contributed by atoms with E-state index >= 15 is 0 Å². The van der Waals surface area contributed by atoms with E-state index in [0.29, 0.717) is 19.5 Å². The van der Waals surface area contributed by atoms with Crippen LogP contribution in [0.15, 0.2) is 0 Å². The van der Waals surface area contributed by atoms with Crippen molar-refractivity contribution in [2.45, 2.75) is 19.8 Å². The molecule has 7 heteroatoms. The molecular weight excluding hydrogens is 242 g/mol. The molecular formula is C10H21N3O3S. The lowest BCUT2D eigenvalue weighted by Crippen LogP contribution is -2.34. The molecule has 1 saturated heterocycles. The van der Waals surface area contributed by atoms with Gasteiger partial charge in [0.2, 0.25) is 15.9 Å². The highest BCUT2D eigenvalue weighted by Crippen LogP contribution is 2.06. The highest BCUT2D eigenvalue weighted by molar-refractivity contribution is 7.89. The molecule has 1 unspecified atom stereocenters. The molecule has 0 aromatic rings. The van der Waals surface area contributed by atoms with E-state index in [4.69, 9.17) is 0 Å². The summed E-state index contributed by atoms with van der Waals surface area (Å²) in [6, 6.07) is 0. The molecule has 0 aromatic heterocycles. The summed E-state index contributed by atoms with van der Waals surface area (Å²) in [5.41, 5.74) is 0. The van der Waals surface area contributed by atoms with Gasteiger partial charge in [0, 0.05) is 19.6 Å². The van der Waals surface area contributed by atoms with E-state index in [2.05, 4.69) is 15.4 Å². The summed E-state index contributed by atoms with van der Waals surface area (Å²) in [7, 11) is -3.11. The summed E-state index contributed by atoms with van der Waals surface area (Å²) in [4.78, 5) is 11.6. The van der Waals surface area contributed by atoms with Crippen molar-refractivity contribution < 1.29 is 13.2 Å². The van der Waals surface area contributed by atoms with Gasteiger partial charge in [0.15, 0.2) is 0 Å². The summed E-state index contributed by atoms with van der Waals surface area (Å²) >= 11 is 0. The number of carbonyl (C=O) groups excluding carboxylic acids is 1. The van der Waals surface area contributed by atoms with Crippen molar-refractivity contribution in [3.05, 3.63) is 0 Å². The van der Waals surface area contributed by atoms with Crippen molar-refractivity contribution >= 4 is 15.9 Å². The zero-order valence-electron chi connectivity index (χ0n) is 10.2. The van der Waals surface area contributed by atoms with Crippen molar-refractivity contribution in [3.8, 4) is 0 Å². The van der Waals surface area contributed by atoms with Crippen LogP contribution in [0.25, 0.3) is 0 Å². The number of hydrogen-bond acceptors (Lipinski definition) is 4. The molecule has 0 bridgehead atoms. The molecule has 1 rings (SSSR count). The van der Waals surface area contributed by atoms with Crippen LogP contribution in [0.4, 0.5) is 0 Å². The fraction of sp³-hybridized carbons (Fsp3) is 0.900. The van der Waals surface area contributed by atoms with E-state index in [1.165, 1.54) is 0 Å². The Kier molecular flexibility index (Phi) is 5.87. The van der Waals surface area contributed by atoms with Gasteiger partial charge in [0.1, 0.15) is 0 Å². The molecule has 1 fully saturated rings. The Morgan fingerprint density at radius 3 is 2.76 bits per heavy atom. The Hall–Kier alpha value is -0.660. The molecule has 100 valence electrons. The van der Waals surface area contributed by atoms with Crippen LogP contribution in [0.2, 0.25) is 0 Å². The molecule has 0 spiro atoms. The second kappa shape index (κ2) is 6.93. The highest BCUT2D eigenvalue weighted by atomic mass is 32.2. The molecule has 0 saturated carbocycles. The molecule has 1 atom stereocenters. The van der Waals surface area contributed by atoms with Crippen molar-refractivity contribution in [1.82, 2.24) is 15.4 Å². The third kappa shape index (κ3) is 5.47. The summed E-state index contributed by atoms with van der Waals surface area (Å²) in [6.07, 6.45) is 1.50. The number of sulfonamides is 1. The summed E-state index contributed by atoms with van der Waals surface area (Å²) in [5.74, 6) is 0.225. The molecule has 1 aliphatic rings. The van der Waals surface area contributed by atoms with Gasteiger partial charge in [-0.2, -0.15) is 0 Å². The predicted octanol–water partition coefficient (Wildman–Crippen LogP) is -0.958. The van der Waals surface area contributed by atoms with Gasteiger partial charge in [0.05, 0.1) is 11.7 Å². The fourth-order valence-corrected chi connectivity index (χ4v) is 2.31. The number of nitrogens with one attached hydrogen (secondary N) is 3. The maximum Gasteiger partial charge on any atom is 0.224 e. The molecule has 3 N–H and O–H groups in total. The lowest BCUT2D eigenvalue weighted by molar-refractivity contribution is -0.124. The van der Waals surface area contributed by atoms with E-state index in [1.54, 1.807) is 6.92 Å². The van der Waals surface area contributed by atoms with E-state index in [-0.39, 0.29) is 17.6 Å². The highest BCUT2D eigenvalue weighted by Gasteiger charge is 2.21. The third-order valence-corrected chi connectivity index (χ3v) is 4.19. The van der Waals surface area contributed by atoms with E-state index in [1.807, 2.05) is 0 Å². The minimum absolute atomic E-state index is 0.0633. The number of rotatable bonds is 7. The van der Waals surface area contributed by atoms with Gasteiger partial charge in [-0.15, -0.1) is 0 Å². The largest absolute Gasteiger partial charge is 0.356 e. The van der Waals surface area contributed by atoms with Crippen LogP contribution in [0.5, 0.6) is 0 Å². The first-order valence-corrected chi connectivity index (χ1v) is 7.66. The van der Waals surface area contributed by atoms with Crippen LogP contribution in [-0.4, -0.2) is 46.3 Å². The molecule has 6 nitrogen and oxygen atoms in total. The molecule has 1 amide bonds. The fourth-order valence-electron chi connectivity index (χ4n) is 1.65. The monoisotopic (exact) mass is 263 g/mol. The first-order valence-electron chi connectivity index (χ1n) is 6.01. The first kappa shape index (κ1) is 14.4. The van der Waals surface area contributed by atoms with E-state index in [0.717, 1.165) is 19.5 Å². The first-order chi connectivity index (χ1) is 8.05. The van der Waals surface area contributed by atoms with Gasteiger partial charge in [-0.05, 0) is 26.3 Å². The molecule has 0 aromatic carbocycles. The SMILES string of the molecule is CCS(=O)(=O)NCCCNC(=O)C1CCNC1. The van der Waals surface area contributed by atoms with Crippen LogP contribution in [0, 0.1) is 5.92 Å². The summed E-state index contributed by atoms with van der Waals surface area (Å²) in [5, 5.41) is 5.94. The topological polar surface area (TPSA) is 87.3 Å². The average Bonchev–Trinajstić information content (AvgIpc) is 2.82. The predicted molar refractivity (Wildman–Crippen MR) is 66.1 cm³/mol. The van der Waals surface area contributed by atoms with Gasteiger partial charge in [0.25, 0.3) is 0 Å². The van der Waals surface area contributed by atoms with Crippen LogP contribution in [-0.2, 0) is 14.8 Å². The zero-order chi connectivity index (χ0) is 12.7. The van der Waals surface area contributed by atoms with Crippen molar-refractivity contribution in [1.29, 1.82) is 0 Å². The smallest absolute Gasteiger partial charge is 0.224 e. The minimum atomic E-state index is -3.11. The van der Waals surface area contributed by atoms with Crippen LogP contribution >= 0.6 is 0 Å². The Bertz CT molecular complexity index is 337. The van der Waals surface area contributed by atoms with Crippen LogP contribution in [0.1, 0.15) is 19.8 Å². The number of amides is 1. The van der Waals surface area contributed by atoms with Gasteiger partial charge in [-0.3, -0.25) is 4.79 Å². The zero-order valence-corrected chi connectivity index (χ0v) is 11.0. The lowest BCUT2D eigenvalue weighted by Gasteiger charge is -2.09. The summed E-state index contributed by atoms with van der Waals surface area (Å²) in [6.45, 7) is 4.13. The van der Waals surface area contributed by atoms with Gasteiger partial charge in [-0.25, -0.2) is 13.1 Å². The Balaban J connectivity index is 2.06. The number of carbonyl (C=O) groups is 1. The Labute approximate surface area is 103 Å². The van der Waals surface area contributed by atoms with Crippen LogP contribution < -0.4 is 15.4 Å². The molecule has 17 heavy (non-hydrogen) atoms. The molecule has 0 aliphatic carbocycles. The average molecular weight is 263 g/mol. The van der Waals surface area contributed by atoms with Gasteiger partial charge >= 0.3 is 0 Å². The molecule has 0 radical (unpaired) electrons. The van der Waals surface area contributed by atoms with Gasteiger partial charge in [-0.1, -0.05) is 0 Å². The van der Waals surface area contributed by atoms with Crippen molar-refractivity contribution in [2.24, 2.45) is 5.92 Å². The Morgan fingerprint density at radius 2 is 2.18 bits per heavy atom. The molecule has 1 heterocycles. The summed E-state index contributed by atoms with van der Waals surface area (Å²) < 4.78 is 24.7. The third-order valence-electron chi connectivity index (χ3n) is 2.79. The second-order valence-corrected chi connectivity index (χ2v) is 6.23. The van der Waals surface area contributed by atoms with Crippen molar-refractivity contribution in [2.75, 3.05) is 31.9 Å². The normalized spacial score (nSPS) is 20.4. The van der Waals surface area contributed by atoms with E-state index in [9.17, 15) is 13.2 Å². The lowest BCUT2D eigenvalue weighted by atomic mass is 10.1. The second-order valence-electron chi connectivity index (χ2n) is 4.13. The van der Waals surface area contributed by atoms with Crippen molar-refractivity contribution in [3.63, 3.8) is 0 Å². The Morgan fingerprint density at radius 1 is 1.41 bits per heavy atom. The number of hydrogen-bond donors (Lipinski definition) is 3. The maximum atomic E-state index is 11.6. The van der Waals surface area contributed by atoms with Crippen LogP contribution in [0.3, 0.4) is 0 Å². The van der Waals surface area contributed by atoms with Gasteiger partial charge < -0.3 is 10.6 Å².